The van der Waals surface area contributed by atoms with Crippen LogP contribution in [-0.2, 0) is 0 Å². The number of fused-ring (bicyclic) bond motifs is 1. The minimum Gasteiger partial charge on any atom is -0.320 e. The molecule has 3 aromatic rings. The predicted octanol–water partition coefficient (Wildman–Crippen LogP) is 4.74. The number of nitrogens with two attached hydrogens (primary N) is 1. The summed E-state index contributed by atoms with van der Waals surface area (Å²) >= 11 is 7.45. The Balaban J connectivity index is 2.01. The number of hydrogen-bond acceptors (Lipinski definition) is 2. The second-order valence-corrected chi connectivity index (χ2v) is 5.91. The molecule has 0 aliphatic rings. The summed E-state index contributed by atoms with van der Waals surface area (Å²) < 4.78 is 14.2. The number of thiophene rings is 1. The fraction of sp³-hybridized carbons (Fsp3) is 0.0667. The quantitative estimate of drug-likeness (QED) is 0.725. The normalized spacial score (nSPS) is 12.8. The van der Waals surface area contributed by atoms with E-state index in [1.165, 1.54) is 12.1 Å². The summed E-state index contributed by atoms with van der Waals surface area (Å²) in [7, 11) is 0. The van der Waals surface area contributed by atoms with E-state index in [-0.39, 0.29) is 11.9 Å². The van der Waals surface area contributed by atoms with E-state index in [0.717, 1.165) is 20.5 Å². The lowest BCUT2D eigenvalue weighted by molar-refractivity contribution is 0.630. The Labute approximate surface area is 119 Å². The van der Waals surface area contributed by atoms with Crippen molar-refractivity contribution in [2.45, 2.75) is 6.04 Å². The van der Waals surface area contributed by atoms with E-state index in [0.29, 0.717) is 5.02 Å². The zero-order valence-electron chi connectivity index (χ0n) is 9.94. The Morgan fingerprint density at radius 3 is 2.53 bits per heavy atom. The third-order valence-electron chi connectivity index (χ3n) is 3.03. The van der Waals surface area contributed by atoms with Crippen molar-refractivity contribution in [3.05, 3.63) is 69.8 Å². The molecule has 0 aliphatic heterocycles. The second-order valence-electron chi connectivity index (χ2n) is 4.36. The van der Waals surface area contributed by atoms with Crippen LogP contribution in [0.5, 0.6) is 0 Å². The van der Waals surface area contributed by atoms with Gasteiger partial charge in [-0.2, -0.15) is 0 Å². The van der Waals surface area contributed by atoms with Crippen molar-refractivity contribution in [1.82, 2.24) is 0 Å². The molecule has 0 saturated heterocycles. The molecule has 4 heteroatoms. The summed E-state index contributed by atoms with van der Waals surface area (Å²) in [6.45, 7) is 0. The van der Waals surface area contributed by atoms with Gasteiger partial charge in [-0.25, -0.2) is 4.39 Å². The van der Waals surface area contributed by atoms with E-state index in [2.05, 4.69) is 0 Å². The second kappa shape index (κ2) is 4.93. The van der Waals surface area contributed by atoms with Crippen LogP contribution in [0.4, 0.5) is 4.39 Å². The molecular weight excluding hydrogens is 281 g/mol. The molecular formula is C15H11ClFNS. The molecule has 0 fully saturated rings. The number of rotatable bonds is 2. The van der Waals surface area contributed by atoms with Gasteiger partial charge in [0.1, 0.15) is 5.82 Å². The van der Waals surface area contributed by atoms with Gasteiger partial charge in [0.05, 0.1) is 6.04 Å². The van der Waals surface area contributed by atoms with Gasteiger partial charge in [0.15, 0.2) is 0 Å². The smallest absolute Gasteiger partial charge is 0.123 e. The van der Waals surface area contributed by atoms with Gasteiger partial charge in [0.2, 0.25) is 0 Å². The van der Waals surface area contributed by atoms with Crippen LogP contribution in [0.15, 0.2) is 48.5 Å². The van der Waals surface area contributed by atoms with Gasteiger partial charge in [0.25, 0.3) is 0 Å². The Morgan fingerprint density at radius 1 is 1.05 bits per heavy atom. The highest BCUT2D eigenvalue weighted by atomic mass is 35.5. The number of hydrogen-bond donors (Lipinski definition) is 1. The first-order valence-electron chi connectivity index (χ1n) is 5.83. The molecule has 3 rings (SSSR count). The van der Waals surface area contributed by atoms with Crippen LogP contribution in [0.2, 0.25) is 5.02 Å². The summed E-state index contributed by atoms with van der Waals surface area (Å²) in [6, 6.07) is 14.0. The van der Waals surface area contributed by atoms with Crippen molar-refractivity contribution in [2.75, 3.05) is 0 Å². The van der Waals surface area contributed by atoms with Crippen molar-refractivity contribution < 1.29 is 4.39 Å². The number of benzene rings is 2. The summed E-state index contributed by atoms with van der Waals surface area (Å²) in [5, 5.41) is 1.58. The predicted molar refractivity (Wildman–Crippen MR) is 79.3 cm³/mol. The van der Waals surface area contributed by atoms with Gasteiger partial charge >= 0.3 is 0 Å². The first kappa shape index (κ1) is 12.6. The van der Waals surface area contributed by atoms with Crippen LogP contribution >= 0.6 is 22.9 Å². The van der Waals surface area contributed by atoms with Gasteiger partial charge in [-0.3, -0.25) is 0 Å². The summed E-state index contributed by atoms with van der Waals surface area (Å²) in [6.07, 6.45) is 0. The summed E-state index contributed by atoms with van der Waals surface area (Å²) in [4.78, 5) is 1.02. The minimum absolute atomic E-state index is 0.210. The maximum atomic E-state index is 13.2. The molecule has 0 radical (unpaired) electrons. The van der Waals surface area contributed by atoms with Crippen molar-refractivity contribution in [3.8, 4) is 0 Å². The molecule has 2 N–H and O–H groups in total. The third-order valence-corrected chi connectivity index (χ3v) is 4.48. The van der Waals surface area contributed by atoms with Crippen LogP contribution in [0.3, 0.4) is 0 Å². The SMILES string of the molecule is NC(c1ccc(Cl)cc1)c1cc2cc(F)ccc2s1. The van der Waals surface area contributed by atoms with Crippen molar-refractivity contribution >= 4 is 33.0 Å². The van der Waals surface area contributed by atoms with Crippen LogP contribution < -0.4 is 5.73 Å². The van der Waals surface area contributed by atoms with E-state index >= 15 is 0 Å². The van der Waals surface area contributed by atoms with Crippen LogP contribution in [-0.4, -0.2) is 0 Å². The van der Waals surface area contributed by atoms with E-state index < -0.39 is 0 Å². The molecule has 1 unspecified atom stereocenters. The van der Waals surface area contributed by atoms with Gasteiger partial charge in [0, 0.05) is 14.6 Å². The lowest BCUT2D eigenvalue weighted by Gasteiger charge is -2.09. The molecule has 0 aliphatic carbocycles. The lowest BCUT2D eigenvalue weighted by Crippen LogP contribution is -2.09. The average Bonchev–Trinajstić information content (AvgIpc) is 2.81. The maximum absolute atomic E-state index is 13.2. The lowest BCUT2D eigenvalue weighted by atomic mass is 10.1. The molecule has 19 heavy (non-hydrogen) atoms. The molecule has 0 amide bonds. The van der Waals surface area contributed by atoms with Gasteiger partial charge < -0.3 is 5.73 Å². The molecule has 0 bridgehead atoms. The Kier molecular flexibility index (Phi) is 3.27. The van der Waals surface area contributed by atoms with Crippen LogP contribution in [0.25, 0.3) is 10.1 Å². The molecule has 96 valence electrons. The monoisotopic (exact) mass is 291 g/mol. The largest absolute Gasteiger partial charge is 0.320 e. The molecule has 1 heterocycles. The van der Waals surface area contributed by atoms with E-state index in [4.69, 9.17) is 17.3 Å². The molecule has 1 atom stereocenters. The minimum atomic E-state index is -0.225. The summed E-state index contributed by atoms with van der Waals surface area (Å²) in [5.74, 6) is -0.225. The highest BCUT2D eigenvalue weighted by Gasteiger charge is 2.12. The van der Waals surface area contributed by atoms with E-state index in [9.17, 15) is 4.39 Å². The third kappa shape index (κ3) is 2.50. The Morgan fingerprint density at radius 2 is 1.79 bits per heavy atom. The van der Waals surface area contributed by atoms with E-state index in [1.54, 1.807) is 17.4 Å². The first-order chi connectivity index (χ1) is 9.13. The standard InChI is InChI=1S/C15H11ClFNS/c16-11-3-1-9(2-4-11)15(18)14-8-10-7-12(17)5-6-13(10)19-14/h1-8,15H,18H2. The summed E-state index contributed by atoms with van der Waals surface area (Å²) in [5.41, 5.74) is 7.24. The molecule has 0 spiro atoms. The van der Waals surface area contributed by atoms with Crippen LogP contribution in [0, 0.1) is 5.82 Å². The van der Waals surface area contributed by atoms with E-state index in [1.807, 2.05) is 30.3 Å². The first-order valence-corrected chi connectivity index (χ1v) is 7.03. The van der Waals surface area contributed by atoms with Crippen molar-refractivity contribution in [1.29, 1.82) is 0 Å². The van der Waals surface area contributed by atoms with Crippen molar-refractivity contribution in [2.24, 2.45) is 5.73 Å². The van der Waals surface area contributed by atoms with Gasteiger partial charge in [-0.05, 0) is 47.3 Å². The molecule has 1 aromatic heterocycles. The molecule has 2 aromatic carbocycles. The molecule has 0 saturated carbocycles. The van der Waals surface area contributed by atoms with Crippen LogP contribution in [0.1, 0.15) is 16.5 Å². The maximum Gasteiger partial charge on any atom is 0.123 e. The topological polar surface area (TPSA) is 26.0 Å². The highest BCUT2D eigenvalue weighted by molar-refractivity contribution is 7.19. The fourth-order valence-corrected chi connectivity index (χ4v) is 3.22. The Bertz CT molecular complexity index is 721. The van der Waals surface area contributed by atoms with Crippen molar-refractivity contribution in [3.63, 3.8) is 0 Å². The Hall–Kier alpha value is -1.42. The number of halogens is 2. The highest BCUT2D eigenvalue weighted by Crippen LogP contribution is 2.32. The zero-order chi connectivity index (χ0) is 13.4. The zero-order valence-corrected chi connectivity index (χ0v) is 11.5. The van der Waals surface area contributed by atoms with Gasteiger partial charge in [-0.15, -0.1) is 11.3 Å². The fourth-order valence-electron chi connectivity index (χ4n) is 2.02. The average molecular weight is 292 g/mol. The molecule has 1 nitrogen and oxygen atoms in total. The van der Waals surface area contributed by atoms with Gasteiger partial charge in [-0.1, -0.05) is 23.7 Å².